The van der Waals surface area contributed by atoms with E-state index in [0.29, 0.717) is 0 Å². The number of rotatable bonds is 3. The van der Waals surface area contributed by atoms with E-state index in [2.05, 4.69) is 68.4 Å². The van der Waals surface area contributed by atoms with Crippen LogP contribution in [0, 0.1) is 0 Å². The van der Waals surface area contributed by atoms with E-state index in [-0.39, 0.29) is 6.04 Å². The van der Waals surface area contributed by atoms with Gasteiger partial charge in [0.1, 0.15) is 0 Å². The van der Waals surface area contributed by atoms with Crippen LogP contribution in [-0.2, 0) is 0 Å². The summed E-state index contributed by atoms with van der Waals surface area (Å²) >= 11 is 10.4. The smallest absolute Gasteiger partial charge is 0.0843 e. The van der Waals surface area contributed by atoms with Crippen molar-refractivity contribution in [2.24, 2.45) is 5.73 Å². The van der Waals surface area contributed by atoms with Crippen LogP contribution in [0.5, 0.6) is 0 Å². The van der Waals surface area contributed by atoms with Crippen molar-refractivity contribution in [2.45, 2.75) is 10.9 Å². The SMILES string of the molecule is CSc1ccc(C(N)c2cc(Br)c(Br)s2)cc1. The molecule has 0 aliphatic rings. The normalized spacial score (nSPS) is 12.7. The van der Waals surface area contributed by atoms with Crippen LogP contribution < -0.4 is 5.73 Å². The van der Waals surface area contributed by atoms with Gasteiger partial charge in [-0.15, -0.1) is 23.1 Å². The van der Waals surface area contributed by atoms with Gasteiger partial charge in [0.05, 0.1) is 9.83 Å². The average Bonchev–Trinajstić information content (AvgIpc) is 2.69. The summed E-state index contributed by atoms with van der Waals surface area (Å²) in [7, 11) is 0. The molecule has 1 atom stereocenters. The summed E-state index contributed by atoms with van der Waals surface area (Å²) in [5.41, 5.74) is 7.39. The van der Waals surface area contributed by atoms with Gasteiger partial charge in [0.2, 0.25) is 0 Å². The first-order valence-electron chi connectivity index (χ1n) is 4.96. The molecule has 1 nitrogen and oxygen atoms in total. The fraction of sp³-hybridized carbons (Fsp3) is 0.167. The Morgan fingerprint density at radius 3 is 2.35 bits per heavy atom. The molecule has 2 rings (SSSR count). The Hall–Kier alpha value is 0.190. The second-order valence-electron chi connectivity index (χ2n) is 3.52. The number of thioether (sulfide) groups is 1. The maximum absolute atomic E-state index is 6.25. The highest BCUT2D eigenvalue weighted by atomic mass is 79.9. The maximum Gasteiger partial charge on any atom is 0.0843 e. The zero-order valence-electron chi connectivity index (χ0n) is 9.11. The zero-order chi connectivity index (χ0) is 12.4. The van der Waals surface area contributed by atoms with Crippen molar-refractivity contribution in [3.63, 3.8) is 0 Å². The molecule has 0 amide bonds. The van der Waals surface area contributed by atoms with Crippen molar-refractivity contribution in [2.75, 3.05) is 6.26 Å². The summed E-state index contributed by atoms with van der Waals surface area (Å²) in [4.78, 5) is 2.41. The lowest BCUT2D eigenvalue weighted by Gasteiger charge is -2.10. The first-order valence-corrected chi connectivity index (χ1v) is 8.59. The van der Waals surface area contributed by atoms with Crippen molar-refractivity contribution in [3.05, 3.63) is 49.0 Å². The van der Waals surface area contributed by atoms with E-state index in [0.717, 1.165) is 18.7 Å². The fourth-order valence-electron chi connectivity index (χ4n) is 1.49. The van der Waals surface area contributed by atoms with Crippen LogP contribution in [0.15, 0.2) is 43.5 Å². The summed E-state index contributed by atoms with van der Waals surface area (Å²) in [6.45, 7) is 0. The molecule has 0 spiro atoms. The minimum atomic E-state index is -0.0569. The van der Waals surface area contributed by atoms with Gasteiger partial charge in [-0.05, 0) is 61.9 Å². The average molecular weight is 393 g/mol. The van der Waals surface area contributed by atoms with Crippen LogP contribution >= 0.6 is 55.0 Å². The summed E-state index contributed by atoms with van der Waals surface area (Å²) < 4.78 is 2.15. The Balaban J connectivity index is 2.26. The van der Waals surface area contributed by atoms with Gasteiger partial charge in [-0.25, -0.2) is 0 Å². The number of benzene rings is 1. The van der Waals surface area contributed by atoms with Crippen LogP contribution in [0.3, 0.4) is 0 Å². The third kappa shape index (κ3) is 3.15. The molecule has 2 aromatic rings. The first kappa shape index (κ1) is 13.6. The van der Waals surface area contributed by atoms with E-state index in [1.165, 1.54) is 4.90 Å². The number of hydrogen-bond acceptors (Lipinski definition) is 3. The standard InChI is InChI=1S/C12H11Br2NS2/c1-16-8-4-2-7(3-5-8)11(15)10-6-9(13)12(14)17-10/h2-6,11H,15H2,1H3. The second-order valence-corrected chi connectivity index (χ2v) is 7.66. The molecule has 0 aliphatic carbocycles. The summed E-state index contributed by atoms with van der Waals surface area (Å²) in [5, 5.41) is 0. The van der Waals surface area contributed by atoms with Crippen molar-refractivity contribution < 1.29 is 0 Å². The molecule has 5 heteroatoms. The number of hydrogen-bond donors (Lipinski definition) is 1. The van der Waals surface area contributed by atoms with Crippen LogP contribution in [0.2, 0.25) is 0 Å². The van der Waals surface area contributed by atoms with E-state index in [1.54, 1.807) is 23.1 Å². The minimum Gasteiger partial charge on any atom is -0.320 e. The monoisotopic (exact) mass is 391 g/mol. The fourth-order valence-corrected chi connectivity index (χ4v) is 4.02. The van der Waals surface area contributed by atoms with Crippen molar-refractivity contribution in [3.8, 4) is 0 Å². The molecule has 0 fully saturated rings. The third-order valence-electron chi connectivity index (χ3n) is 2.45. The van der Waals surface area contributed by atoms with Gasteiger partial charge in [-0.3, -0.25) is 0 Å². The van der Waals surface area contributed by atoms with Gasteiger partial charge < -0.3 is 5.73 Å². The lowest BCUT2D eigenvalue weighted by molar-refractivity contribution is 0.891. The zero-order valence-corrected chi connectivity index (χ0v) is 13.9. The maximum atomic E-state index is 6.25. The van der Waals surface area contributed by atoms with Crippen molar-refractivity contribution in [1.82, 2.24) is 0 Å². The Kier molecular flexibility index (Phi) is 4.72. The molecule has 0 radical (unpaired) electrons. The highest BCUT2D eigenvalue weighted by Crippen LogP contribution is 2.36. The molecular formula is C12H11Br2NS2. The Labute approximate surface area is 126 Å². The number of halogens is 2. The van der Waals surface area contributed by atoms with Gasteiger partial charge in [0.15, 0.2) is 0 Å². The lowest BCUT2D eigenvalue weighted by atomic mass is 10.1. The van der Waals surface area contributed by atoms with Crippen molar-refractivity contribution in [1.29, 1.82) is 0 Å². The summed E-state index contributed by atoms with van der Waals surface area (Å²) in [6, 6.07) is 10.4. The molecule has 0 saturated heterocycles. The predicted molar refractivity (Wildman–Crippen MR) is 84.0 cm³/mol. The van der Waals surface area contributed by atoms with E-state index in [1.807, 2.05) is 0 Å². The van der Waals surface area contributed by atoms with Gasteiger partial charge in [0, 0.05) is 14.2 Å². The first-order chi connectivity index (χ1) is 8.11. The van der Waals surface area contributed by atoms with E-state index >= 15 is 0 Å². The molecule has 1 unspecified atom stereocenters. The predicted octanol–water partition coefficient (Wildman–Crippen LogP) is 5.04. The highest BCUT2D eigenvalue weighted by molar-refractivity contribution is 9.13. The van der Waals surface area contributed by atoms with Gasteiger partial charge >= 0.3 is 0 Å². The van der Waals surface area contributed by atoms with Gasteiger partial charge in [0.25, 0.3) is 0 Å². The van der Waals surface area contributed by atoms with Gasteiger partial charge in [-0.1, -0.05) is 12.1 Å². The molecule has 90 valence electrons. The third-order valence-corrected chi connectivity index (χ3v) is 6.53. The van der Waals surface area contributed by atoms with E-state index in [9.17, 15) is 0 Å². The number of nitrogens with two attached hydrogens (primary N) is 1. The molecule has 1 aromatic heterocycles. The molecule has 0 aliphatic heterocycles. The molecule has 1 aromatic carbocycles. The largest absolute Gasteiger partial charge is 0.320 e. The van der Waals surface area contributed by atoms with Crippen LogP contribution in [0.1, 0.15) is 16.5 Å². The van der Waals surface area contributed by atoms with Crippen LogP contribution in [0.25, 0.3) is 0 Å². The topological polar surface area (TPSA) is 26.0 Å². The molecule has 17 heavy (non-hydrogen) atoms. The molecule has 0 saturated carbocycles. The summed E-state index contributed by atoms with van der Waals surface area (Å²) in [6.07, 6.45) is 2.07. The summed E-state index contributed by atoms with van der Waals surface area (Å²) in [5.74, 6) is 0. The molecule has 0 bridgehead atoms. The van der Waals surface area contributed by atoms with E-state index < -0.39 is 0 Å². The quantitative estimate of drug-likeness (QED) is 0.740. The Morgan fingerprint density at radius 2 is 1.88 bits per heavy atom. The van der Waals surface area contributed by atoms with E-state index in [4.69, 9.17) is 5.73 Å². The van der Waals surface area contributed by atoms with Crippen LogP contribution in [0.4, 0.5) is 0 Å². The highest BCUT2D eigenvalue weighted by Gasteiger charge is 2.13. The van der Waals surface area contributed by atoms with Crippen LogP contribution in [-0.4, -0.2) is 6.26 Å². The molecule has 1 heterocycles. The second kappa shape index (κ2) is 5.89. The van der Waals surface area contributed by atoms with Gasteiger partial charge in [-0.2, -0.15) is 0 Å². The lowest BCUT2D eigenvalue weighted by Crippen LogP contribution is -2.09. The Bertz CT molecular complexity index is 488. The van der Waals surface area contributed by atoms with Crippen molar-refractivity contribution >= 4 is 55.0 Å². The number of thiophene rings is 1. The Morgan fingerprint density at radius 1 is 1.24 bits per heavy atom. The molecule has 2 N–H and O–H groups in total. The minimum absolute atomic E-state index is 0.0569. The molecular weight excluding hydrogens is 382 g/mol.